The monoisotopic (exact) mass is 416 g/mol. The van der Waals surface area contributed by atoms with Crippen LogP contribution in [0, 0.1) is 5.92 Å². The van der Waals surface area contributed by atoms with Crippen LogP contribution in [0.4, 0.5) is 5.95 Å². The molecule has 1 unspecified atom stereocenters. The number of allylic oxidation sites excluding steroid dienone is 1. The number of hydrogen-bond acceptors (Lipinski definition) is 7. The smallest absolute Gasteiger partial charge is 0.338 e. The molecule has 1 N–H and O–H groups in total. The summed E-state index contributed by atoms with van der Waals surface area (Å²) in [5.41, 5.74) is 2.15. The maximum absolute atomic E-state index is 12.6. The quantitative estimate of drug-likeness (QED) is 0.508. The zero-order chi connectivity index (χ0) is 21.0. The van der Waals surface area contributed by atoms with Crippen LogP contribution in [0.5, 0.6) is 5.75 Å². The first-order chi connectivity index (χ1) is 13.9. The summed E-state index contributed by atoms with van der Waals surface area (Å²) < 4.78 is 12.6. The zero-order valence-corrected chi connectivity index (χ0v) is 18.4. The number of rotatable bonds is 8. The predicted molar refractivity (Wildman–Crippen MR) is 114 cm³/mol. The lowest BCUT2D eigenvalue weighted by atomic mass is 9.96. The molecule has 0 amide bonds. The zero-order valence-electron chi connectivity index (χ0n) is 17.6. The molecular formula is C21H28N4O3S. The summed E-state index contributed by atoms with van der Waals surface area (Å²) >= 11 is 1.56. The van der Waals surface area contributed by atoms with Gasteiger partial charge in [0.1, 0.15) is 11.8 Å². The minimum absolute atomic E-state index is 0.386. The van der Waals surface area contributed by atoms with Crippen molar-refractivity contribution in [3.8, 4) is 5.75 Å². The van der Waals surface area contributed by atoms with Gasteiger partial charge in [0.2, 0.25) is 11.1 Å². The molecule has 156 valence electrons. The van der Waals surface area contributed by atoms with Gasteiger partial charge in [0.15, 0.2) is 0 Å². The number of hydrogen-bond donors (Lipinski definition) is 1. The first kappa shape index (κ1) is 21.2. The maximum atomic E-state index is 12.6. The molecule has 7 nitrogen and oxygen atoms in total. The number of anilines is 1. The summed E-state index contributed by atoms with van der Waals surface area (Å²) in [6.45, 7) is 8.94. The van der Waals surface area contributed by atoms with Gasteiger partial charge < -0.3 is 14.8 Å². The molecule has 1 aliphatic heterocycles. The van der Waals surface area contributed by atoms with E-state index in [2.05, 4.69) is 36.2 Å². The third kappa shape index (κ3) is 4.75. The van der Waals surface area contributed by atoms with E-state index in [1.807, 2.05) is 31.2 Å². The van der Waals surface area contributed by atoms with E-state index in [4.69, 9.17) is 9.47 Å². The van der Waals surface area contributed by atoms with Crippen molar-refractivity contribution >= 4 is 23.7 Å². The Bertz CT molecular complexity index is 890. The van der Waals surface area contributed by atoms with Gasteiger partial charge in [-0.15, -0.1) is 5.10 Å². The van der Waals surface area contributed by atoms with Crippen LogP contribution in [-0.2, 0) is 9.53 Å². The molecule has 1 aliphatic rings. The van der Waals surface area contributed by atoms with Crippen LogP contribution in [0.2, 0.25) is 0 Å². The minimum Gasteiger partial charge on any atom is -0.494 e. The van der Waals surface area contributed by atoms with Crippen molar-refractivity contribution in [1.82, 2.24) is 14.8 Å². The predicted octanol–water partition coefficient (Wildman–Crippen LogP) is 4.28. The third-order valence-electron chi connectivity index (χ3n) is 4.67. The molecule has 3 rings (SSSR count). The second kappa shape index (κ2) is 9.35. The highest BCUT2D eigenvalue weighted by Gasteiger charge is 2.34. The Morgan fingerprint density at radius 1 is 1.31 bits per heavy atom. The Hall–Kier alpha value is -2.48. The van der Waals surface area contributed by atoms with E-state index in [1.54, 1.807) is 16.4 Å². The molecule has 2 heterocycles. The number of nitrogens with zero attached hydrogens (tertiary/aromatic N) is 3. The number of esters is 1. The van der Waals surface area contributed by atoms with Gasteiger partial charge in [0.25, 0.3) is 0 Å². The molecule has 2 aromatic rings. The van der Waals surface area contributed by atoms with Gasteiger partial charge in [-0.05, 0) is 42.7 Å². The SMILES string of the molecule is CCSc1nc2n(n1)C(c1ccc(OCCC(C)C)cc1)C(C(=O)OC)=C(C)N2. The lowest BCUT2D eigenvalue weighted by molar-refractivity contribution is -0.136. The highest BCUT2D eigenvalue weighted by atomic mass is 32.2. The summed E-state index contributed by atoms with van der Waals surface area (Å²) in [5, 5.41) is 8.48. The standard InChI is InChI=1S/C21H28N4O3S/c1-6-29-21-23-20-22-14(4)17(19(26)27-5)18(25(20)24-21)15-7-9-16(10-8-15)28-12-11-13(2)3/h7-10,13,18H,6,11-12H2,1-5H3,(H,22,23,24). The largest absolute Gasteiger partial charge is 0.494 e. The lowest BCUT2D eigenvalue weighted by Crippen LogP contribution is -2.29. The normalized spacial score (nSPS) is 15.9. The first-order valence-corrected chi connectivity index (χ1v) is 10.8. The Balaban J connectivity index is 1.94. The van der Waals surface area contributed by atoms with E-state index >= 15 is 0 Å². The summed E-state index contributed by atoms with van der Waals surface area (Å²) in [7, 11) is 1.39. The average molecular weight is 417 g/mol. The number of ether oxygens (including phenoxy) is 2. The van der Waals surface area contributed by atoms with Crippen molar-refractivity contribution in [3.63, 3.8) is 0 Å². The highest BCUT2D eigenvalue weighted by molar-refractivity contribution is 7.99. The summed E-state index contributed by atoms with van der Waals surface area (Å²) in [6, 6.07) is 7.38. The molecule has 0 bridgehead atoms. The van der Waals surface area contributed by atoms with Crippen molar-refractivity contribution in [3.05, 3.63) is 41.1 Å². The summed E-state index contributed by atoms with van der Waals surface area (Å²) in [6.07, 6.45) is 1.00. The van der Waals surface area contributed by atoms with Crippen molar-refractivity contribution in [2.24, 2.45) is 5.92 Å². The van der Waals surface area contributed by atoms with Gasteiger partial charge in [-0.25, -0.2) is 9.48 Å². The fraction of sp³-hybridized carbons (Fsp3) is 0.476. The van der Waals surface area contributed by atoms with Gasteiger partial charge >= 0.3 is 5.97 Å². The maximum Gasteiger partial charge on any atom is 0.338 e. The number of thioether (sulfide) groups is 1. The number of benzene rings is 1. The Morgan fingerprint density at radius 3 is 2.66 bits per heavy atom. The number of carbonyl (C=O) groups excluding carboxylic acids is 1. The minimum atomic E-state index is -0.415. The van der Waals surface area contributed by atoms with Crippen LogP contribution in [0.3, 0.4) is 0 Å². The van der Waals surface area contributed by atoms with Gasteiger partial charge in [0, 0.05) is 5.70 Å². The van der Waals surface area contributed by atoms with E-state index in [9.17, 15) is 4.79 Å². The molecule has 0 radical (unpaired) electrons. The Labute approximate surface area is 175 Å². The van der Waals surface area contributed by atoms with E-state index in [0.29, 0.717) is 34.9 Å². The molecule has 8 heteroatoms. The van der Waals surface area contributed by atoms with Crippen LogP contribution >= 0.6 is 11.8 Å². The van der Waals surface area contributed by atoms with Crippen molar-refractivity contribution < 1.29 is 14.3 Å². The van der Waals surface area contributed by atoms with Crippen LogP contribution in [0.15, 0.2) is 40.7 Å². The molecule has 1 atom stereocenters. The molecule has 0 fully saturated rings. The fourth-order valence-corrected chi connectivity index (χ4v) is 3.72. The van der Waals surface area contributed by atoms with Crippen LogP contribution in [0.25, 0.3) is 0 Å². The third-order valence-corrected chi connectivity index (χ3v) is 5.39. The molecule has 0 saturated carbocycles. The molecule has 0 saturated heterocycles. The van der Waals surface area contributed by atoms with Crippen LogP contribution in [0.1, 0.15) is 45.7 Å². The van der Waals surface area contributed by atoms with E-state index < -0.39 is 6.04 Å². The van der Waals surface area contributed by atoms with Gasteiger partial charge in [-0.3, -0.25) is 0 Å². The molecule has 0 aliphatic carbocycles. The Morgan fingerprint density at radius 2 is 2.03 bits per heavy atom. The molecule has 29 heavy (non-hydrogen) atoms. The Kier molecular flexibility index (Phi) is 6.84. The van der Waals surface area contributed by atoms with Crippen molar-refractivity contribution in [1.29, 1.82) is 0 Å². The molecule has 1 aromatic heterocycles. The van der Waals surface area contributed by atoms with Gasteiger partial charge in [0.05, 0.1) is 19.3 Å². The average Bonchev–Trinajstić information content (AvgIpc) is 3.09. The topological polar surface area (TPSA) is 78.3 Å². The van der Waals surface area contributed by atoms with Gasteiger partial charge in [-0.2, -0.15) is 4.98 Å². The number of nitrogens with one attached hydrogen (secondary N) is 1. The van der Waals surface area contributed by atoms with Crippen molar-refractivity contribution in [2.75, 3.05) is 24.8 Å². The number of aromatic nitrogens is 3. The number of methoxy groups -OCH3 is 1. The second-order valence-electron chi connectivity index (χ2n) is 7.25. The summed E-state index contributed by atoms with van der Waals surface area (Å²) in [5.74, 6) is 2.51. The van der Waals surface area contributed by atoms with E-state index in [0.717, 1.165) is 23.5 Å². The molecule has 1 aromatic carbocycles. The van der Waals surface area contributed by atoms with Crippen LogP contribution < -0.4 is 10.1 Å². The van der Waals surface area contributed by atoms with E-state index in [-0.39, 0.29) is 5.97 Å². The van der Waals surface area contributed by atoms with Crippen molar-refractivity contribution in [2.45, 2.75) is 45.3 Å². The number of carbonyl (C=O) groups is 1. The van der Waals surface area contributed by atoms with Gasteiger partial charge in [-0.1, -0.05) is 44.7 Å². The second-order valence-corrected chi connectivity index (χ2v) is 8.48. The number of fused-ring (bicyclic) bond motifs is 1. The van der Waals surface area contributed by atoms with Crippen LogP contribution in [-0.4, -0.2) is 40.2 Å². The molecule has 0 spiro atoms. The van der Waals surface area contributed by atoms with E-state index in [1.165, 1.54) is 7.11 Å². The summed E-state index contributed by atoms with van der Waals surface area (Å²) in [4.78, 5) is 17.1. The highest BCUT2D eigenvalue weighted by Crippen LogP contribution is 2.37. The fourth-order valence-electron chi connectivity index (χ4n) is 3.16. The molecular weight excluding hydrogens is 388 g/mol. The first-order valence-electron chi connectivity index (χ1n) is 9.82. The lowest BCUT2D eigenvalue weighted by Gasteiger charge is -2.27.